The zero-order valence-electron chi connectivity index (χ0n) is 11.8. The molecule has 0 saturated carbocycles. The fraction of sp³-hybridized carbons (Fsp3) is 0.267. The molecule has 1 fully saturated rings. The second kappa shape index (κ2) is 7.26. The predicted octanol–water partition coefficient (Wildman–Crippen LogP) is 3.79. The molecule has 2 rings (SSSR count). The van der Waals surface area contributed by atoms with Crippen molar-refractivity contribution in [2.24, 2.45) is 0 Å². The van der Waals surface area contributed by atoms with Crippen LogP contribution in [0.3, 0.4) is 0 Å². The molecule has 1 aromatic carbocycles. The number of hydrogen-bond acceptors (Lipinski definition) is 4. The third-order valence-corrected chi connectivity index (χ3v) is 4.85. The highest BCUT2D eigenvalue weighted by Crippen LogP contribution is 2.35. The second-order valence-electron chi connectivity index (χ2n) is 4.72. The molecule has 116 valence electrons. The van der Waals surface area contributed by atoms with Gasteiger partial charge in [-0.25, -0.2) is 4.79 Å². The van der Waals surface area contributed by atoms with Crippen LogP contribution in [-0.4, -0.2) is 32.2 Å². The lowest BCUT2D eigenvalue weighted by atomic mass is 10.1. The average molecular weight is 356 g/mol. The third kappa shape index (κ3) is 3.51. The van der Waals surface area contributed by atoms with Gasteiger partial charge in [0.05, 0.1) is 4.91 Å². The number of carbonyl (C=O) groups is 2. The number of thiocarbonyl (C=S) groups is 1. The molecule has 1 aliphatic rings. The number of benzene rings is 1. The van der Waals surface area contributed by atoms with E-state index in [0.717, 1.165) is 11.8 Å². The third-order valence-electron chi connectivity index (χ3n) is 3.17. The van der Waals surface area contributed by atoms with Gasteiger partial charge in [-0.05, 0) is 24.1 Å². The molecule has 0 radical (unpaired) electrons. The first-order valence-electron chi connectivity index (χ1n) is 6.70. The summed E-state index contributed by atoms with van der Waals surface area (Å²) in [4.78, 5) is 25.5. The maximum atomic E-state index is 12.5. The zero-order valence-corrected chi connectivity index (χ0v) is 14.2. The van der Waals surface area contributed by atoms with Gasteiger partial charge in [0.25, 0.3) is 5.91 Å². The van der Waals surface area contributed by atoms with Gasteiger partial charge in [-0.3, -0.25) is 9.69 Å². The Morgan fingerprint density at radius 1 is 1.50 bits per heavy atom. The minimum Gasteiger partial charge on any atom is -0.480 e. The van der Waals surface area contributed by atoms with Crippen LogP contribution < -0.4 is 0 Å². The summed E-state index contributed by atoms with van der Waals surface area (Å²) >= 11 is 12.4. The lowest BCUT2D eigenvalue weighted by molar-refractivity contribution is -0.145. The Bertz CT molecular complexity index is 660. The number of halogens is 1. The lowest BCUT2D eigenvalue weighted by Crippen LogP contribution is -2.43. The van der Waals surface area contributed by atoms with Crippen LogP contribution in [0.2, 0.25) is 5.02 Å². The Morgan fingerprint density at radius 2 is 2.18 bits per heavy atom. The van der Waals surface area contributed by atoms with Crippen molar-refractivity contribution < 1.29 is 14.7 Å². The number of amides is 1. The van der Waals surface area contributed by atoms with E-state index in [9.17, 15) is 14.7 Å². The molecule has 1 amide bonds. The Hall–Kier alpha value is -1.37. The van der Waals surface area contributed by atoms with E-state index in [1.807, 2.05) is 13.0 Å². The van der Waals surface area contributed by atoms with Gasteiger partial charge in [-0.15, -0.1) is 0 Å². The van der Waals surface area contributed by atoms with Crippen LogP contribution in [0.15, 0.2) is 29.2 Å². The van der Waals surface area contributed by atoms with E-state index in [2.05, 4.69) is 0 Å². The quantitative estimate of drug-likeness (QED) is 0.643. The molecule has 0 aromatic heterocycles. The minimum atomic E-state index is -1.04. The van der Waals surface area contributed by atoms with Gasteiger partial charge < -0.3 is 5.11 Å². The first-order valence-corrected chi connectivity index (χ1v) is 8.30. The predicted molar refractivity (Wildman–Crippen MR) is 92.8 cm³/mol. The molecule has 1 aromatic rings. The van der Waals surface area contributed by atoms with Gasteiger partial charge in [-0.2, -0.15) is 0 Å². The fourth-order valence-corrected chi connectivity index (χ4v) is 3.66. The number of carboxylic acids is 1. The fourth-order valence-electron chi connectivity index (χ4n) is 2.12. The standard InChI is InChI=1S/C15H14ClNO3S2/c1-2-5-11(14(19)20)17-13(18)12(22-15(17)21)8-9-6-3-4-7-10(9)16/h3-4,6-8,11H,2,5H2,1H3,(H,19,20)/b12-8-. The summed E-state index contributed by atoms with van der Waals surface area (Å²) in [5.41, 5.74) is 0.701. The summed E-state index contributed by atoms with van der Waals surface area (Å²) in [6, 6.07) is 6.21. The molecular weight excluding hydrogens is 342 g/mol. The van der Waals surface area contributed by atoms with Crippen molar-refractivity contribution >= 4 is 57.9 Å². The number of carboxylic acid groups (broad SMARTS) is 1. The molecule has 22 heavy (non-hydrogen) atoms. The van der Waals surface area contributed by atoms with Gasteiger partial charge in [0, 0.05) is 5.02 Å². The van der Waals surface area contributed by atoms with Crippen molar-refractivity contribution in [1.29, 1.82) is 0 Å². The van der Waals surface area contributed by atoms with Crippen LogP contribution in [-0.2, 0) is 9.59 Å². The molecule has 7 heteroatoms. The molecular formula is C15H14ClNO3S2. The number of aliphatic carboxylic acids is 1. The molecule has 4 nitrogen and oxygen atoms in total. The lowest BCUT2D eigenvalue weighted by Gasteiger charge is -2.22. The molecule has 1 atom stereocenters. The van der Waals surface area contributed by atoms with E-state index in [-0.39, 0.29) is 10.2 Å². The van der Waals surface area contributed by atoms with E-state index >= 15 is 0 Å². The molecule has 0 bridgehead atoms. The van der Waals surface area contributed by atoms with Crippen LogP contribution in [0, 0.1) is 0 Å². The Labute approximate surface area is 143 Å². The van der Waals surface area contributed by atoms with Crippen LogP contribution in [0.5, 0.6) is 0 Å². The maximum absolute atomic E-state index is 12.5. The largest absolute Gasteiger partial charge is 0.480 e. The average Bonchev–Trinajstić information content (AvgIpc) is 2.73. The molecule has 1 saturated heterocycles. The van der Waals surface area contributed by atoms with Crippen LogP contribution >= 0.6 is 35.6 Å². The topological polar surface area (TPSA) is 57.6 Å². The second-order valence-corrected chi connectivity index (χ2v) is 6.80. The molecule has 1 N–H and O–H groups in total. The summed E-state index contributed by atoms with van der Waals surface area (Å²) in [5.74, 6) is -1.42. The Morgan fingerprint density at radius 3 is 2.77 bits per heavy atom. The van der Waals surface area contributed by atoms with E-state index in [1.54, 1.807) is 24.3 Å². The monoisotopic (exact) mass is 355 g/mol. The molecule has 1 unspecified atom stereocenters. The van der Waals surface area contributed by atoms with Gasteiger partial charge in [0.1, 0.15) is 10.4 Å². The summed E-state index contributed by atoms with van der Waals surface area (Å²) in [5, 5.41) is 9.84. The molecule has 0 spiro atoms. The van der Waals surface area contributed by atoms with E-state index in [4.69, 9.17) is 23.8 Å². The Balaban J connectivity index is 2.32. The van der Waals surface area contributed by atoms with Crippen molar-refractivity contribution in [2.75, 3.05) is 0 Å². The van der Waals surface area contributed by atoms with Gasteiger partial charge in [0.2, 0.25) is 0 Å². The van der Waals surface area contributed by atoms with Crippen molar-refractivity contribution in [3.05, 3.63) is 39.8 Å². The van der Waals surface area contributed by atoms with E-state index in [1.165, 1.54) is 4.90 Å². The van der Waals surface area contributed by atoms with Crippen molar-refractivity contribution in [3.8, 4) is 0 Å². The summed E-state index contributed by atoms with van der Waals surface area (Å²) in [6.45, 7) is 1.87. The summed E-state index contributed by atoms with van der Waals surface area (Å²) in [6.07, 6.45) is 2.66. The van der Waals surface area contributed by atoms with Crippen LogP contribution in [0.4, 0.5) is 0 Å². The first-order chi connectivity index (χ1) is 10.5. The van der Waals surface area contributed by atoms with Gasteiger partial charge in [0.15, 0.2) is 0 Å². The maximum Gasteiger partial charge on any atom is 0.326 e. The SMILES string of the molecule is CCCC(C(=O)O)N1C(=O)/C(=C/c2ccccc2Cl)SC1=S. The first kappa shape index (κ1) is 17.0. The molecule has 1 heterocycles. The number of thioether (sulfide) groups is 1. The minimum absolute atomic E-state index is 0.268. The van der Waals surface area contributed by atoms with Crippen LogP contribution in [0.25, 0.3) is 6.08 Å². The molecule has 0 aliphatic carbocycles. The highest BCUT2D eigenvalue weighted by atomic mass is 35.5. The van der Waals surface area contributed by atoms with Crippen molar-refractivity contribution in [2.45, 2.75) is 25.8 Å². The van der Waals surface area contributed by atoms with E-state index < -0.39 is 12.0 Å². The van der Waals surface area contributed by atoms with E-state index in [0.29, 0.717) is 28.3 Å². The van der Waals surface area contributed by atoms with Crippen molar-refractivity contribution in [1.82, 2.24) is 4.90 Å². The summed E-state index contributed by atoms with van der Waals surface area (Å²) < 4.78 is 0.268. The highest BCUT2D eigenvalue weighted by Gasteiger charge is 2.39. The number of carbonyl (C=O) groups excluding carboxylic acids is 1. The zero-order chi connectivity index (χ0) is 16.3. The number of nitrogens with zero attached hydrogens (tertiary/aromatic N) is 1. The summed E-state index contributed by atoms with van der Waals surface area (Å²) in [7, 11) is 0. The number of rotatable bonds is 5. The normalized spacial score (nSPS) is 18.1. The Kier molecular flexibility index (Phi) is 5.61. The van der Waals surface area contributed by atoms with Gasteiger partial charge >= 0.3 is 5.97 Å². The van der Waals surface area contributed by atoms with Gasteiger partial charge in [-0.1, -0.05) is 67.1 Å². The highest BCUT2D eigenvalue weighted by molar-refractivity contribution is 8.26. The number of hydrogen-bond donors (Lipinski definition) is 1. The smallest absolute Gasteiger partial charge is 0.326 e. The van der Waals surface area contributed by atoms with Crippen LogP contribution in [0.1, 0.15) is 25.3 Å². The molecule has 1 aliphatic heterocycles. The van der Waals surface area contributed by atoms with Crippen molar-refractivity contribution in [3.63, 3.8) is 0 Å².